The molecule has 0 saturated heterocycles. The van der Waals surface area contributed by atoms with Crippen molar-refractivity contribution >= 4 is 22.9 Å². The van der Waals surface area contributed by atoms with Crippen LogP contribution in [0.2, 0.25) is 0 Å². The first-order chi connectivity index (χ1) is 8.72. The average molecular weight is 283 g/mol. The van der Waals surface area contributed by atoms with Crippen molar-refractivity contribution < 1.29 is 4.39 Å². The first-order valence-electron chi connectivity index (χ1n) is 6.12. The third-order valence-corrected chi connectivity index (χ3v) is 4.64. The van der Waals surface area contributed by atoms with Crippen molar-refractivity contribution in [3.05, 3.63) is 57.5 Å². The van der Waals surface area contributed by atoms with Gasteiger partial charge in [-0.3, -0.25) is 0 Å². The summed E-state index contributed by atoms with van der Waals surface area (Å²) in [5, 5.41) is 0. The molecule has 18 heavy (non-hydrogen) atoms. The highest BCUT2D eigenvalue weighted by atomic mass is 35.5. The Morgan fingerprint density at radius 2 is 2.00 bits per heavy atom. The van der Waals surface area contributed by atoms with E-state index in [1.54, 1.807) is 12.1 Å². The molecule has 1 unspecified atom stereocenters. The van der Waals surface area contributed by atoms with Crippen LogP contribution in [0.3, 0.4) is 0 Å². The van der Waals surface area contributed by atoms with Crippen LogP contribution in [0, 0.1) is 5.82 Å². The van der Waals surface area contributed by atoms with Crippen LogP contribution in [0.5, 0.6) is 0 Å². The maximum atomic E-state index is 13.2. The lowest BCUT2D eigenvalue weighted by atomic mass is 9.97. The smallest absolute Gasteiger partial charge is 0.123 e. The van der Waals surface area contributed by atoms with Crippen LogP contribution >= 0.6 is 22.9 Å². The van der Waals surface area contributed by atoms with Crippen molar-refractivity contribution in [1.82, 2.24) is 0 Å². The highest BCUT2D eigenvalue weighted by Gasteiger charge is 2.13. The SMILES string of the molecule is CCc1ccc(CC(CCl)c2cccc(F)c2)s1. The molecule has 1 aromatic heterocycles. The van der Waals surface area contributed by atoms with Gasteiger partial charge in [-0.15, -0.1) is 22.9 Å². The first kappa shape index (κ1) is 13.6. The lowest BCUT2D eigenvalue weighted by molar-refractivity contribution is 0.621. The van der Waals surface area contributed by atoms with Gasteiger partial charge < -0.3 is 0 Å². The summed E-state index contributed by atoms with van der Waals surface area (Å²) in [4.78, 5) is 2.71. The summed E-state index contributed by atoms with van der Waals surface area (Å²) in [6.07, 6.45) is 1.95. The van der Waals surface area contributed by atoms with Gasteiger partial charge in [0.1, 0.15) is 5.82 Å². The van der Waals surface area contributed by atoms with Crippen molar-refractivity contribution in [2.24, 2.45) is 0 Å². The molecule has 2 aromatic rings. The molecule has 2 rings (SSSR count). The van der Waals surface area contributed by atoms with Crippen LogP contribution < -0.4 is 0 Å². The summed E-state index contributed by atoms with van der Waals surface area (Å²) in [6.45, 7) is 2.15. The fraction of sp³-hybridized carbons (Fsp3) is 0.333. The zero-order chi connectivity index (χ0) is 13.0. The van der Waals surface area contributed by atoms with Gasteiger partial charge in [-0.05, 0) is 42.7 Å². The number of thiophene rings is 1. The van der Waals surface area contributed by atoms with E-state index >= 15 is 0 Å². The van der Waals surface area contributed by atoms with Crippen LogP contribution in [-0.4, -0.2) is 5.88 Å². The van der Waals surface area contributed by atoms with Crippen molar-refractivity contribution in [2.45, 2.75) is 25.7 Å². The van der Waals surface area contributed by atoms with Crippen molar-refractivity contribution in [3.8, 4) is 0 Å². The molecule has 0 saturated carbocycles. The fourth-order valence-electron chi connectivity index (χ4n) is 1.99. The van der Waals surface area contributed by atoms with Crippen molar-refractivity contribution in [3.63, 3.8) is 0 Å². The molecule has 0 fully saturated rings. The maximum Gasteiger partial charge on any atom is 0.123 e. The number of aryl methyl sites for hydroxylation is 1. The van der Waals surface area contributed by atoms with Gasteiger partial charge >= 0.3 is 0 Å². The van der Waals surface area contributed by atoms with Crippen molar-refractivity contribution in [1.29, 1.82) is 0 Å². The van der Waals surface area contributed by atoms with Crippen LogP contribution in [0.15, 0.2) is 36.4 Å². The van der Waals surface area contributed by atoms with Crippen molar-refractivity contribution in [2.75, 3.05) is 5.88 Å². The monoisotopic (exact) mass is 282 g/mol. The second-order valence-electron chi connectivity index (χ2n) is 4.33. The molecule has 1 aromatic carbocycles. The van der Waals surface area contributed by atoms with Gasteiger partial charge in [-0.2, -0.15) is 0 Å². The van der Waals surface area contributed by atoms with Gasteiger partial charge in [-0.25, -0.2) is 4.39 Å². The molecule has 0 spiro atoms. The molecule has 0 bridgehead atoms. The maximum absolute atomic E-state index is 13.2. The van der Waals surface area contributed by atoms with E-state index in [-0.39, 0.29) is 11.7 Å². The molecular formula is C15H16ClFS. The van der Waals surface area contributed by atoms with E-state index in [0.29, 0.717) is 5.88 Å². The summed E-state index contributed by atoms with van der Waals surface area (Å²) in [6, 6.07) is 11.1. The van der Waals surface area contributed by atoms with E-state index in [1.807, 2.05) is 17.4 Å². The third-order valence-electron chi connectivity index (χ3n) is 3.02. The number of hydrogen-bond acceptors (Lipinski definition) is 1. The van der Waals surface area contributed by atoms with Crippen LogP contribution in [-0.2, 0) is 12.8 Å². The minimum atomic E-state index is -0.192. The largest absolute Gasteiger partial charge is 0.207 e. The lowest BCUT2D eigenvalue weighted by Gasteiger charge is -2.13. The molecule has 0 aliphatic carbocycles. The van der Waals surface area contributed by atoms with E-state index in [2.05, 4.69) is 19.1 Å². The summed E-state index contributed by atoms with van der Waals surface area (Å²) in [7, 11) is 0. The predicted octanol–water partition coefficient (Wildman–Crippen LogP) is 5.01. The number of hydrogen-bond donors (Lipinski definition) is 0. The molecule has 1 heterocycles. The number of halogens is 2. The average Bonchev–Trinajstić information content (AvgIpc) is 2.83. The normalized spacial score (nSPS) is 12.6. The third kappa shape index (κ3) is 3.33. The zero-order valence-corrected chi connectivity index (χ0v) is 11.9. The first-order valence-corrected chi connectivity index (χ1v) is 7.47. The molecule has 3 heteroatoms. The Morgan fingerprint density at radius 3 is 2.61 bits per heavy atom. The molecule has 1 atom stereocenters. The Kier molecular flexibility index (Phi) is 4.79. The van der Waals surface area contributed by atoms with Crippen LogP contribution in [0.25, 0.3) is 0 Å². The summed E-state index contributed by atoms with van der Waals surface area (Å²) in [5.41, 5.74) is 0.983. The fourth-order valence-corrected chi connectivity index (χ4v) is 3.31. The minimum Gasteiger partial charge on any atom is -0.207 e. The standard InChI is InChI=1S/C15H16ClFS/c1-2-14-6-7-15(18-14)9-12(10-16)11-4-3-5-13(17)8-11/h3-8,12H,2,9-10H2,1H3. The number of rotatable bonds is 5. The number of alkyl halides is 1. The van der Waals surface area contributed by atoms with Gasteiger partial charge in [0.2, 0.25) is 0 Å². The lowest BCUT2D eigenvalue weighted by Crippen LogP contribution is -2.04. The van der Waals surface area contributed by atoms with E-state index in [1.165, 1.54) is 15.8 Å². The van der Waals surface area contributed by atoms with E-state index in [4.69, 9.17) is 11.6 Å². The summed E-state index contributed by atoms with van der Waals surface area (Å²) < 4.78 is 13.2. The Labute approximate surface area is 116 Å². The van der Waals surface area contributed by atoms with Gasteiger partial charge in [0.15, 0.2) is 0 Å². The topological polar surface area (TPSA) is 0 Å². The molecule has 0 aliphatic rings. The Morgan fingerprint density at radius 1 is 1.22 bits per heavy atom. The second kappa shape index (κ2) is 6.35. The van der Waals surface area contributed by atoms with Crippen LogP contribution in [0.1, 0.15) is 28.2 Å². The van der Waals surface area contributed by atoms with Gasteiger partial charge in [0.25, 0.3) is 0 Å². The van der Waals surface area contributed by atoms with E-state index in [9.17, 15) is 4.39 Å². The molecule has 96 valence electrons. The predicted molar refractivity (Wildman–Crippen MR) is 77.3 cm³/mol. The Balaban J connectivity index is 2.14. The summed E-state index contributed by atoms with van der Waals surface area (Å²) >= 11 is 7.85. The van der Waals surface area contributed by atoms with E-state index < -0.39 is 0 Å². The quantitative estimate of drug-likeness (QED) is 0.676. The van der Waals surface area contributed by atoms with Gasteiger partial charge in [0.05, 0.1) is 0 Å². The molecule has 0 radical (unpaired) electrons. The van der Waals surface area contributed by atoms with Crippen LogP contribution in [0.4, 0.5) is 4.39 Å². The molecule has 0 nitrogen and oxygen atoms in total. The highest BCUT2D eigenvalue weighted by Crippen LogP contribution is 2.27. The Bertz CT molecular complexity index is 507. The van der Waals surface area contributed by atoms with Gasteiger partial charge in [0, 0.05) is 21.6 Å². The Hall–Kier alpha value is -0.860. The van der Waals surface area contributed by atoms with E-state index in [0.717, 1.165) is 18.4 Å². The summed E-state index contributed by atoms with van der Waals surface area (Å²) in [5.74, 6) is 0.511. The highest BCUT2D eigenvalue weighted by molar-refractivity contribution is 7.11. The molecule has 0 aliphatic heterocycles. The van der Waals surface area contributed by atoms with Gasteiger partial charge in [-0.1, -0.05) is 19.1 Å². The zero-order valence-electron chi connectivity index (χ0n) is 10.3. The molecular weight excluding hydrogens is 267 g/mol. The molecule has 0 amide bonds. The molecule has 0 N–H and O–H groups in total. The number of benzene rings is 1. The minimum absolute atomic E-state index is 0.186. The second-order valence-corrected chi connectivity index (χ2v) is 5.89.